The molecule has 1 aromatic carbocycles. The molecule has 0 aliphatic rings. The second-order valence-corrected chi connectivity index (χ2v) is 5.64. The van der Waals surface area contributed by atoms with E-state index < -0.39 is 0 Å². The van der Waals surface area contributed by atoms with Crippen molar-refractivity contribution in [3.63, 3.8) is 0 Å². The monoisotopic (exact) mass is 302 g/mol. The topological polar surface area (TPSA) is 38.7 Å². The van der Waals surface area contributed by atoms with Crippen molar-refractivity contribution in [1.29, 1.82) is 0 Å². The van der Waals surface area contributed by atoms with E-state index in [1.807, 2.05) is 39.0 Å². The Balaban J connectivity index is 2.46. The lowest BCUT2D eigenvalue weighted by molar-refractivity contribution is -0.0165. The molecule has 0 unspecified atom stereocenters. The first-order valence-corrected chi connectivity index (χ1v) is 6.38. The first-order valence-electron chi connectivity index (χ1n) is 5.58. The Bertz CT molecular complexity index is 358. The van der Waals surface area contributed by atoms with Crippen LogP contribution in [0.3, 0.4) is 0 Å². The number of hydrogen-bond donors (Lipinski definition) is 1. The average molecular weight is 303 g/mol. The molecule has 0 aromatic heterocycles. The first kappa shape index (κ1) is 14.5. The Morgan fingerprint density at radius 3 is 2.53 bits per heavy atom. The van der Waals surface area contributed by atoms with Gasteiger partial charge in [0.25, 0.3) is 0 Å². The van der Waals surface area contributed by atoms with Crippen molar-refractivity contribution >= 4 is 15.9 Å². The maximum absolute atomic E-state index is 9.20. The highest BCUT2D eigenvalue weighted by Gasteiger charge is 2.10. The fraction of sp³-hybridized carbons (Fsp3) is 0.538. The zero-order valence-corrected chi connectivity index (χ0v) is 12.1. The van der Waals surface area contributed by atoms with Gasteiger partial charge in [-0.25, -0.2) is 0 Å². The summed E-state index contributed by atoms with van der Waals surface area (Å²) >= 11 is 3.35. The van der Waals surface area contributed by atoms with Crippen LogP contribution in [0, 0.1) is 0 Å². The second kappa shape index (κ2) is 6.38. The van der Waals surface area contributed by atoms with E-state index in [1.165, 1.54) is 0 Å². The van der Waals surface area contributed by atoms with E-state index in [2.05, 4.69) is 15.9 Å². The van der Waals surface area contributed by atoms with Crippen LogP contribution in [0.5, 0.6) is 5.75 Å². The van der Waals surface area contributed by atoms with Gasteiger partial charge in [0, 0.05) is 10.0 Å². The summed E-state index contributed by atoms with van der Waals surface area (Å²) in [7, 11) is 0. The Morgan fingerprint density at radius 2 is 1.94 bits per heavy atom. The summed E-state index contributed by atoms with van der Waals surface area (Å²) < 4.78 is 12.1. The largest absolute Gasteiger partial charge is 0.491 e. The predicted molar refractivity (Wildman–Crippen MR) is 71.3 cm³/mol. The first-order chi connectivity index (χ1) is 7.92. The van der Waals surface area contributed by atoms with Crippen LogP contribution in [-0.2, 0) is 11.3 Å². The molecule has 0 fully saturated rings. The van der Waals surface area contributed by atoms with Gasteiger partial charge in [-0.3, -0.25) is 0 Å². The van der Waals surface area contributed by atoms with Gasteiger partial charge in [0.15, 0.2) is 0 Å². The second-order valence-electron chi connectivity index (χ2n) is 4.72. The van der Waals surface area contributed by atoms with Gasteiger partial charge in [-0.05, 0) is 39.0 Å². The van der Waals surface area contributed by atoms with Gasteiger partial charge in [-0.2, -0.15) is 0 Å². The van der Waals surface area contributed by atoms with Crippen LogP contribution < -0.4 is 4.74 Å². The van der Waals surface area contributed by atoms with Crippen LogP contribution in [0.1, 0.15) is 26.3 Å². The molecule has 1 aromatic rings. The molecule has 0 saturated carbocycles. The molecule has 1 rings (SSSR count). The molecule has 0 atom stereocenters. The van der Waals surface area contributed by atoms with E-state index in [-0.39, 0.29) is 12.2 Å². The van der Waals surface area contributed by atoms with E-state index in [0.29, 0.717) is 19.0 Å². The zero-order chi connectivity index (χ0) is 12.9. The smallest absolute Gasteiger partial charge is 0.125 e. The van der Waals surface area contributed by atoms with Gasteiger partial charge >= 0.3 is 0 Å². The van der Waals surface area contributed by atoms with Crippen molar-refractivity contribution in [1.82, 2.24) is 0 Å². The maximum atomic E-state index is 9.20. The summed E-state index contributed by atoms with van der Waals surface area (Å²) in [6, 6.07) is 5.58. The third-order valence-electron chi connectivity index (χ3n) is 2.07. The highest BCUT2D eigenvalue weighted by molar-refractivity contribution is 9.10. The minimum absolute atomic E-state index is 0.0328. The molecule has 0 aliphatic heterocycles. The van der Waals surface area contributed by atoms with Gasteiger partial charge in [0.1, 0.15) is 12.4 Å². The molecule has 3 nitrogen and oxygen atoms in total. The van der Waals surface area contributed by atoms with Crippen LogP contribution in [0.2, 0.25) is 0 Å². The number of hydrogen-bond acceptors (Lipinski definition) is 3. The molecule has 0 aliphatic carbocycles. The Labute approximate surface area is 111 Å². The normalized spacial score (nSPS) is 11.6. The number of aliphatic hydroxyl groups excluding tert-OH is 1. The van der Waals surface area contributed by atoms with Gasteiger partial charge in [-0.1, -0.05) is 15.9 Å². The minimum Gasteiger partial charge on any atom is -0.491 e. The molecule has 0 amide bonds. The highest BCUT2D eigenvalue weighted by Crippen LogP contribution is 2.23. The molecule has 0 radical (unpaired) electrons. The average Bonchev–Trinajstić information content (AvgIpc) is 2.24. The summed E-state index contributed by atoms with van der Waals surface area (Å²) in [4.78, 5) is 0. The van der Waals surface area contributed by atoms with Crippen LogP contribution in [0.15, 0.2) is 22.7 Å². The lowest BCUT2D eigenvalue weighted by atomic mass is 10.2. The number of aliphatic hydroxyl groups is 1. The number of halogens is 1. The van der Waals surface area contributed by atoms with Gasteiger partial charge in [0.2, 0.25) is 0 Å². The van der Waals surface area contributed by atoms with Crippen LogP contribution in [-0.4, -0.2) is 23.9 Å². The van der Waals surface area contributed by atoms with Crippen molar-refractivity contribution in [2.45, 2.75) is 33.0 Å². The van der Waals surface area contributed by atoms with Crippen molar-refractivity contribution in [3.05, 3.63) is 28.2 Å². The van der Waals surface area contributed by atoms with Gasteiger partial charge in [-0.15, -0.1) is 0 Å². The van der Waals surface area contributed by atoms with E-state index in [0.717, 1.165) is 10.0 Å². The molecule has 1 N–H and O–H groups in total. The summed E-state index contributed by atoms with van der Waals surface area (Å²) in [5.74, 6) is 0.702. The molecule has 17 heavy (non-hydrogen) atoms. The fourth-order valence-corrected chi connectivity index (χ4v) is 1.72. The Morgan fingerprint density at radius 1 is 1.24 bits per heavy atom. The van der Waals surface area contributed by atoms with Crippen molar-refractivity contribution < 1.29 is 14.6 Å². The molecule has 0 bridgehead atoms. The molecule has 0 saturated heterocycles. The minimum atomic E-state index is -0.150. The standard InChI is InChI=1S/C13H19BrO3/c1-13(2,3)17-7-6-16-12-5-4-11(14)8-10(12)9-15/h4-5,8,15H,6-7,9H2,1-3H3. The SMILES string of the molecule is CC(C)(C)OCCOc1ccc(Br)cc1CO. The number of rotatable bonds is 5. The summed E-state index contributed by atoms with van der Waals surface area (Å²) in [6.45, 7) is 6.99. The third kappa shape index (κ3) is 5.52. The molecule has 4 heteroatoms. The van der Waals surface area contributed by atoms with E-state index in [9.17, 15) is 5.11 Å². The molecule has 0 heterocycles. The van der Waals surface area contributed by atoms with Crippen molar-refractivity contribution in [2.24, 2.45) is 0 Å². The van der Waals surface area contributed by atoms with E-state index >= 15 is 0 Å². The lowest BCUT2D eigenvalue weighted by Gasteiger charge is -2.19. The molecular weight excluding hydrogens is 284 g/mol. The summed E-state index contributed by atoms with van der Waals surface area (Å²) in [6.07, 6.45) is 0. The van der Waals surface area contributed by atoms with Crippen LogP contribution in [0.25, 0.3) is 0 Å². The van der Waals surface area contributed by atoms with Crippen molar-refractivity contribution in [3.8, 4) is 5.75 Å². The lowest BCUT2D eigenvalue weighted by Crippen LogP contribution is -2.22. The summed E-state index contributed by atoms with van der Waals surface area (Å²) in [5.41, 5.74) is 0.623. The Hall–Kier alpha value is -0.580. The maximum Gasteiger partial charge on any atom is 0.125 e. The van der Waals surface area contributed by atoms with Gasteiger partial charge in [0.05, 0.1) is 18.8 Å². The van der Waals surface area contributed by atoms with Crippen LogP contribution >= 0.6 is 15.9 Å². The van der Waals surface area contributed by atoms with E-state index in [1.54, 1.807) is 0 Å². The molecule has 0 spiro atoms. The quantitative estimate of drug-likeness (QED) is 0.849. The van der Waals surface area contributed by atoms with E-state index in [4.69, 9.17) is 9.47 Å². The number of ether oxygens (including phenoxy) is 2. The van der Waals surface area contributed by atoms with Crippen molar-refractivity contribution in [2.75, 3.05) is 13.2 Å². The zero-order valence-electron chi connectivity index (χ0n) is 10.5. The third-order valence-corrected chi connectivity index (χ3v) is 2.56. The predicted octanol–water partition coefficient (Wildman–Crippen LogP) is 3.14. The molecular formula is C13H19BrO3. The van der Waals surface area contributed by atoms with Crippen LogP contribution in [0.4, 0.5) is 0 Å². The fourth-order valence-electron chi connectivity index (χ4n) is 1.31. The van der Waals surface area contributed by atoms with Gasteiger partial charge < -0.3 is 14.6 Å². The highest BCUT2D eigenvalue weighted by atomic mass is 79.9. The number of benzene rings is 1. The Kier molecular flexibility index (Phi) is 5.43. The molecule has 96 valence electrons. The summed E-state index contributed by atoms with van der Waals surface area (Å²) in [5, 5.41) is 9.20.